The molecule has 21 heavy (non-hydrogen) atoms. The van der Waals surface area contributed by atoms with Crippen molar-refractivity contribution in [1.82, 2.24) is 9.88 Å². The van der Waals surface area contributed by atoms with Crippen LogP contribution in [0.15, 0.2) is 33.9 Å². The maximum Gasteiger partial charge on any atom is 0.338 e. The van der Waals surface area contributed by atoms with Crippen molar-refractivity contribution in [2.75, 3.05) is 0 Å². The van der Waals surface area contributed by atoms with Crippen LogP contribution in [0, 0.1) is 5.82 Å². The predicted molar refractivity (Wildman–Crippen MR) is 68.9 cm³/mol. The Hall–Kier alpha value is -1.97. The molecular formula is C11H8ClFN2O5S. The van der Waals surface area contributed by atoms with Crippen LogP contribution in [0.1, 0.15) is 16.1 Å². The highest BCUT2D eigenvalue weighted by molar-refractivity contribution is 7.89. The first-order valence-electron chi connectivity index (χ1n) is 5.42. The van der Waals surface area contributed by atoms with Crippen molar-refractivity contribution in [2.45, 2.75) is 11.4 Å². The predicted octanol–water partition coefficient (Wildman–Crippen LogP) is 1.64. The lowest BCUT2D eigenvalue weighted by Crippen LogP contribution is -2.25. The third-order valence-electron chi connectivity index (χ3n) is 2.46. The molecule has 0 aliphatic carbocycles. The van der Waals surface area contributed by atoms with Crippen LogP contribution in [0.3, 0.4) is 0 Å². The zero-order chi connectivity index (χ0) is 15.6. The molecule has 0 aliphatic heterocycles. The van der Waals surface area contributed by atoms with Crippen LogP contribution < -0.4 is 4.72 Å². The number of hydrogen-bond donors (Lipinski definition) is 2. The number of aromatic carboxylic acids is 1. The van der Waals surface area contributed by atoms with Gasteiger partial charge in [-0.1, -0.05) is 16.8 Å². The van der Waals surface area contributed by atoms with Crippen molar-refractivity contribution in [3.8, 4) is 0 Å². The Morgan fingerprint density at radius 2 is 2.19 bits per heavy atom. The fraction of sp³-hybridized carbons (Fsp3) is 0.0909. The first-order valence-corrected chi connectivity index (χ1v) is 7.28. The highest BCUT2D eigenvalue weighted by atomic mass is 35.5. The Morgan fingerprint density at radius 3 is 2.76 bits per heavy atom. The molecule has 0 unspecified atom stereocenters. The summed E-state index contributed by atoms with van der Waals surface area (Å²) in [7, 11) is -4.30. The van der Waals surface area contributed by atoms with Gasteiger partial charge in [-0.3, -0.25) is 0 Å². The number of nitrogens with one attached hydrogen (secondary N) is 1. The van der Waals surface area contributed by atoms with E-state index in [1.165, 1.54) is 12.3 Å². The lowest BCUT2D eigenvalue weighted by molar-refractivity contribution is 0.0691. The summed E-state index contributed by atoms with van der Waals surface area (Å²) in [5.74, 6) is -3.01. The Labute approximate surface area is 123 Å². The van der Waals surface area contributed by atoms with Crippen LogP contribution >= 0.6 is 11.6 Å². The lowest BCUT2D eigenvalue weighted by atomic mass is 10.2. The van der Waals surface area contributed by atoms with E-state index in [-0.39, 0.29) is 17.3 Å². The van der Waals surface area contributed by atoms with E-state index in [0.717, 1.165) is 12.1 Å². The van der Waals surface area contributed by atoms with Gasteiger partial charge < -0.3 is 9.63 Å². The average molecular weight is 335 g/mol. The number of hydrogen-bond acceptors (Lipinski definition) is 5. The first kappa shape index (κ1) is 15.4. The fourth-order valence-corrected chi connectivity index (χ4v) is 2.90. The summed E-state index contributed by atoms with van der Waals surface area (Å²) in [5.41, 5.74) is -0.552. The Balaban J connectivity index is 2.37. The highest BCUT2D eigenvalue weighted by Crippen LogP contribution is 2.24. The van der Waals surface area contributed by atoms with E-state index in [2.05, 4.69) is 14.4 Å². The monoisotopic (exact) mass is 334 g/mol. The minimum atomic E-state index is -4.30. The molecule has 2 rings (SSSR count). The summed E-state index contributed by atoms with van der Waals surface area (Å²) in [6, 6.07) is 3.07. The van der Waals surface area contributed by atoms with Crippen molar-refractivity contribution in [3.63, 3.8) is 0 Å². The minimum Gasteiger partial charge on any atom is -0.478 e. The molecule has 1 aromatic carbocycles. The number of carboxylic acids is 1. The van der Waals surface area contributed by atoms with Crippen LogP contribution in [-0.2, 0) is 16.6 Å². The largest absolute Gasteiger partial charge is 0.478 e. The number of aromatic nitrogens is 1. The molecular weight excluding hydrogens is 327 g/mol. The van der Waals surface area contributed by atoms with E-state index in [1.807, 2.05) is 0 Å². The molecule has 0 fully saturated rings. The Bertz CT molecular complexity index is 776. The molecule has 1 aromatic heterocycles. The van der Waals surface area contributed by atoms with Crippen molar-refractivity contribution >= 4 is 27.6 Å². The topological polar surface area (TPSA) is 110 Å². The normalized spacial score (nSPS) is 11.5. The molecule has 0 saturated heterocycles. The van der Waals surface area contributed by atoms with E-state index >= 15 is 0 Å². The zero-order valence-electron chi connectivity index (χ0n) is 10.2. The van der Waals surface area contributed by atoms with Crippen molar-refractivity contribution < 1.29 is 27.2 Å². The van der Waals surface area contributed by atoms with Gasteiger partial charge in [0.15, 0.2) is 5.82 Å². The van der Waals surface area contributed by atoms with Crippen LogP contribution in [0.5, 0.6) is 0 Å². The molecule has 112 valence electrons. The van der Waals surface area contributed by atoms with Crippen molar-refractivity contribution in [1.29, 1.82) is 0 Å². The number of carbonyl (C=O) groups is 1. The number of benzene rings is 1. The van der Waals surface area contributed by atoms with E-state index < -0.39 is 32.3 Å². The van der Waals surface area contributed by atoms with E-state index in [9.17, 15) is 17.6 Å². The summed E-state index contributed by atoms with van der Waals surface area (Å²) < 4.78 is 44.6. The summed E-state index contributed by atoms with van der Waals surface area (Å²) >= 11 is 5.62. The van der Waals surface area contributed by atoms with E-state index in [0.29, 0.717) is 0 Å². The van der Waals surface area contributed by atoms with Gasteiger partial charge >= 0.3 is 5.97 Å². The van der Waals surface area contributed by atoms with Gasteiger partial charge in [-0.05, 0) is 12.1 Å². The molecule has 2 N–H and O–H groups in total. The molecule has 0 bridgehead atoms. The third kappa shape index (κ3) is 3.38. The zero-order valence-corrected chi connectivity index (χ0v) is 11.8. The Kier molecular flexibility index (Phi) is 4.26. The standard InChI is InChI=1S/C11H8ClFN2O5S/c12-6-3-8(11(16)17)10(13)9(4-6)21(18,19)14-5-7-1-2-20-15-7/h1-4,14H,5H2,(H,16,17). The molecule has 0 amide bonds. The van der Waals surface area contributed by atoms with Gasteiger partial charge in [0.1, 0.15) is 11.2 Å². The second-order valence-electron chi connectivity index (χ2n) is 3.89. The number of carboxylic acid groups (broad SMARTS) is 1. The molecule has 0 atom stereocenters. The van der Waals surface area contributed by atoms with Gasteiger partial charge in [-0.15, -0.1) is 0 Å². The van der Waals surface area contributed by atoms with Crippen LogP contribution in [-0.4, -0.2) is 24.7 Å². The van der Waals surface area contributed by atoms with Crippen LogP contribution in [0.25, 0.3) is 0 Å². The molecule has 0 spiro atoms. The number of rotatable bonds is 5. The van der Waals surface area contributed by atoms with Crippen molar-refractivity contribution in [2.24, 2.45) is 0 Å². The second-order valence-corrected chi connectivity index (χ2v) is 6.06. The number of sulfonamides is 1. The number of halogens is 2. The van der Waals surface area contributed by atoms with Crippen LogP contribution in [0.2, 0.25) is 5.02 Å². The average Bonchev–Trinajstić information content (AvgIpc) is 2.91. The fourth-order valence-electron chi connectivity index (χ4n) is 1.49. The van der Waals surface area contributed by atoms with Gasteiger partial charge in [-0.2, -0.15) is 0 Å². The number of nitrogens with zero attached hydrogens (tertiary/aromatic N) is 1. The third-order valence-corrected chi connectivity index (χ3v) is 4.08. The van der Waals surface area contributed by atoms with Crippen molar-refractivity contribution in [3.05, 3.63) is 46.6 Å². The lowest BCUT2D eigenvalue weighted by Gasteiger charge is -2.08. The maximum absolute atomic E-state index is 14.0. The molecule has 1 heterocycles. The Morgan fingerprint density at radius 1 is 1.48 bits per heavy atom. The molecule has 10 heteroatoms. The summed E-state index contributed by atoms with van der Waals surface area (Å²) in [4.78, 5) is 10.0. The highest BCUT2D eigenvalue weighted by Gasteiger charge is 2.25. The van der Waals surface area contributed by atoms with E-state index in [1.54, 1.807) is 0 Å². The molecule has 7 nitrogen and oxygen atoms in total. The van der Waals surface area contributed by atoms with Gasteiger partial charge in [0.05, 0.1) is 17.8 Å². The summed E-state index contributed by atoms with van der Waals surface area (Å²) in [6.45, 7) is -0.243. The maximum atomic E-state index is 14.0. The minimum absolute atomic E-state index is 0.212. The van der Waals surface area contributed by atoms with Crippen LogP contribution in [0.4, 0.5) is 4.39 Å². The van der Waals surface area contributed by atoms with Gasteiger partial charge in [-0.25, -0.2) is 22.3 Å². The SMILES string of the molecule is O=C(O)c1cc(Cl)cc(S(=O)(=O)NCc2ccon2)c1F. The van der Waals surface area contributed by atoms with Gasteiger partial charge in [0.2, 0.25) is 10.0 Å². The molecule has 0 saturated carbocycles. The second kappa shape index (κ2) is 5.80. The first-order chi connectivity index (χ1) is 9.81. The molecule has 0 aliphatic rings. The summed E-state index contributed by atoms with van der Waals surface area (Å²) in [6.07, 6.45) is 1.24. The summed E-state index contributed by atoms with van der Waals surface area (Å²) in [5, 5.41) is 12.1. The van der Waals surface area contributed by atoms with E-state index in [4.69, 9.17) is 16.7 Å². The quantitative estimate of drug-likeness (QED) is 0.860. The molecule has 2 aromatic rings. The molecule has 0 radical (unpaired) electrons. The van der Waals surface area contributed by atoms with Gasteiger partial charge in [0.25, 0.3) is 0 Å². The smallest absolute Gasteiger partial charge is 0.338 e. The van der Waals surface area contributed by atoms with Gasteiger partial charge in [0, 0.05) is 11.1 Å².